The molecule has 0 aliphatic carbocycles. The van der Waals surface area contributed by atoms with Crippen LogP contribution >= 0.6 is 11.3 Å². The molecule has 2 aromatic heterocycles. The molecule has 0 saturated carbocycles. The first-order chi connectivity index (χ1) is 11.0. The number of nitrogens with one attached hydrogen (secondary N) is 1. The van der Waals surface area contributed by atoms with Crippen molar-refractivity contribution in [3.05, 3.63) is 45.7 Å². The third-order valence-electron chi connectivity index (χ3n) is 3.20. The van der Waals surface area contributed by atoms with Crippen LogP contribution < -0.4 is 5.32 Å². The number of esters is 1. The van der Waals surface area contributed by atoms with E-state index in [1.54, 1.807) is 19.1 Å². The van der Waals surface area contributed by atoms with Crippen LogP contribution in [0.4, 0.5) is 5.00 Å². The van der Waals surface area contributed by atoms with Crippen LogP contribution in [0.25, 0.3) is 6.08 Å². The number of methoxy groups -OCH3 is 1. The van der Waals surface area contributed by atoms with E-state index in [0.717, 1.165) is 10.4 Å². The van der Waals surface area contributed by atoms with Gasteiger partial charge in [0.25, 0.3) is 5.91 Å². The summed E-state index contributed by atoms with van der Waals surface area (Å²) in [5.74, 6) is -0.755. The monoisotopic (exact) mass is 330 g/mol. The summed E-state index contributed by atoms with van der Waals surface area (Å²) in [6, 6.07) is 5.10. The zero-order valence-electron chi connectivity index (χ0n) is 12.8. The van der Waals surface area contributed by atoms with Gasteiger partial charge in [-0.05, 0) is 31.5 Å². The second-order valence-electron chi connectivity index (χ2n) is 4.62. The molecule has 0 fully saturated rings. The van der Waals surface area contributed by atoms with E-state index < -0.39 is 11.9 Å². The van der Waals surface area contributed by atoms with Gasteiger partial charge in [-0.1, -0.05) is 0 Å². The Labute approximate surface area is 137 Å². The van der Waals surface area contributed by atoms with Crippen LogP contribution in [0.1, 0.15) is 26.6 Å². The minimum absolute atomic E-state index is 0.125. The molecule has 0 radical (unpaired) electrons. The first-order valence-corrected chi connectivity index (χ1v) is 7.44. The Morgan fingerprint density at radius 1 is 1.43 bits per heavy atom. The summed E-state index contributed by atoms with van der Waals surface area (Å²) >= 11 is 1.26. The Hall–Kier alpha value is -2.85. The molecule has 2 aromatic rings. The number of carbonyl (C=O) groups excluding carboxylic acids is 2. The van der Waals surface area contributed by atoms with E-state index in [4.69, 9.17) is 14.4 Å². The summed E-state index contributed by atoms with van der Waals surface area (Å²) in [5, 5.41) is 12.1. The van der Waals surface area contributed by atoms with Crippen LogP contribution in [0.15, 0.2) is 28.4 Å². The van der Waals surface area contributed by atoms with Gasteiger partial charge in [0.05, 0.1) is 18.9 Å². The highest BCUT2D eigenvalue weighted by atomic mass is 32.1. The third kappa shape index (κ3) is 3.49. The van der Waals surface area contributed by atoms with E-state index in [9.17, 15) is 9.59 Å². The lowest BCUT2D eigenvalue weighted by Gasteiger charge is -2.05. The largest absolute Gasteiger partial charge is 0.465 e. The highest BCUT2D eigenvalue weighted by molar-refractivity contribution is 7.16. The van der Waals surface area contributed by atoms with Gasteiger partial charge in [-0.25, -0.2) is 4.79 Å². The van der Waals surface area contributed by atoms with Gasteiger partial charge >= 0.3 is 5.97 Å². The number of nitrogens with zero attached hydrogens (tertiary/aromatic N) is 1. The van der Waals surface area contributed by atoms with Gasteiger partial charge in [-0.3, -0.25) is 4.79 Å². The van der Waals surface area contributed by atoms with Gasteiger partial charge in [0.15, 0.2) is 0 Å². The van der Waals surface area contributed by atoms with Crippen molar-refractivity contribution in [2.24, 2.45) is 0 Å². The van der Waals surface area contributed by atoms with Crippen LogP contribution in [0, 0.1) is 25.2 Å². The number of hydrogen-bond donors (Lipinski definition) is 1. The maximum absolute atomic E-state index is 12.3. The number of thiophene rings is 1. The van der Waals surface area contributed by atoms with Crippen LogP contribution in [-0.2, 0) is 9.53 Å². The quantitative estimate of drug-likeness (QED) is 0.527. The van der Waals surface area contributed by atoms with Gasteiger partial charge in [0, 0.05) is 11.0 Å². The maximum atomic E-state index is 12.3. The molecule has 0 bridgehead atoms. The molecule has 2 heterocycles. The average Bonchev–Trinajstić information content (AvgIpc) is 3.13. The molecule has 23 heavy (non-hydrogen) atoms. The number of nitriles is 1. The maximum Gasteiger partial charge on any atom is 0.341 e. The standard InChI is InChI=1S/C16H14N2O4S/c1-9-10(2)23-15(13(9)16(20)21-3)18-14(19)11(8-17)7-12-5-4-6-22-12/h4-7H,1-3H3,(H,18,19)/b11-7+. The SMILES string of the molecule is COC(=O)c1c(NC(=O)/C(C#N)=C/c2ccco2)sc(C)c1C. The van der Waals surface area contributed by atoms with Crippen LogP contribution in [0.5, 0.6) is 0 Å². The lowest BCUT2D eigenvalue weighted by atomic mass is 10.1. The van der Waals surface area contributed by atoms with Gasteiger partial charge in [-0.2, -0.15) is 5.26 Å². The fourth-order valence-electron chi connectivity index (χ4n) is 1.90. The van der Waals surface area contributed by atoms with Crippen molar-refractivity contribution in [1.29, 1.82) is 5.26 Å². The van der Waals surface area contributed by atoms with E-state index in [0.29, 0.717) is 16.3 Å². The van der Waals surface area contributed by atoms with E-state index in [2.05, 4.69) is 5.32 Å². The van der Waals surface area contributed by atoms with Gasteiger partial charge in [0.1, 0.15) is 22.4 Å². The Kier molecular flexibility index (Phi) is 4.98. The second kappa shape index (κ2) is 6.94. The number of carbonyl (C=O) groups is 2. The molecule has 6 nitrogen and oxygen atoms in total. The van der Waals surface area contributed by atoms with E-state index in [1.807, 2.05) is 13.0 Å². The number of rotatable bonds is 4. The summed E-state index contributed by atoms with van der Waals surface area (Å²) in [6.07, 6.45) is 2.78. The third-order valence-corrected chi connectivity index (χ3v) is 4.32. The molecule has 0 atom stereocenters. The van der Waals surface area contributed by atoms with E-state index in [1.165, 1.54) is 30.8 Å². The predicted molar refractivity (Wildman–Crippen MR) is 86.1 cm³/mol. The Balaban J connectivity index is 2.32. The predicted octanol–water partition coefficient (Wildman–Crippen LogP) is 3.29. The smallest absolute Gasteiger partial charge is 0.341 e. The fourth-order valence-corrected chi connectivity index (χ4v) is 2.94. The van der Waals surface area contributed by atoms with Crippen LogP contribution in [0.2, 0.25) is 0 Å². The molecule has 118 valence electrons. The van der Waals surface area contributed by atoms with Crippen LogP contribution in [-0.4, -0.2) is 19.0 Å². The van der Waals surface area contributed by atoms with Gasteiger partial charge in [-0.15, -0.1) is 11.3 Å². The molecule has 0 unspecified atom stereocenters. The zero-order chi connectivity index (χ0) is 17.0. The lowest BCUT2D eigenvalue weighted by Crippen LogP contribution is -2.15. The number of amides is 1. The number of furan rings is 1. The molecule has 0 aliphatic heterocycles. The summed E-state index contributed by atoms with van der Waals surface area (Å²) in [6.45, 7) is 3.61. The summed E-state index contributed by atoms with van der Waals surface area (Å²) in [5.41, 5.74) is 0.920. The van der Waals surface area contributed by atoms with Crippen molar-refractivity contribution in [1.82, 2.24) is 0 Å². The molecule has 1 N–H and O–H groups in total. The highest BCUT2D eigenvalue weighted by Crippen LogP contribution is 2.33. The van der Waals surface area contributed by atoms with Gasteiger partial charge < -0.3 is 14.5 Å². The Morgan fingerprint density at radius 2 is 2.17 bits per heavy atom. The number of hydrogen-bond acceptors (Lipinski definition) is 6. The number of aryl methyl sites for hydroxylation is 1. The second-order valence-corrected chi connectivity index (χ2v) is 5.84. The molecule has 1 amide bonds. The Morgan fingerprint density at radius 3 is 2.74 bits per heavy atom. The topological polar surface area (TPSA) is 92.3 Å². The molecular weight excluding hydrogens is 316 g/mol. The highest BCUT2D eigenvalue weighted by Gasteiger charge is 2.22. The normalized spacial score (nSPS) is 11.0. The lowest BCUT2D eigenvalue weighted by molar-refractivity contribution is -0.112. The molecule has 0 aliphatic rings. The average molecular weight is 330 g/mol. The molecule has 0 spiro atoms. The van der Waals surface area contributed by atoms with Gasteiger partial charge in [0.2, 0.25) is 0 Å². The van der Waals surface area contributed by atoms with Crippen molar-refractivity contribution in [2.45, 2.75) is 13.8 Å². The molecule has 2 rings (SSSR count). The van der Waals surface area contributed by atoms with Crippen LogP contribution in [0.3, 0.4) is 0 Å². The number of anilines is 1. The summed E-state index contributed by atoms with van der Waals surface area (Å²) in [4.78, 5) is 25.0. The molecule has 0 aromatic carbocycles. The summed E-state index contributed by atoms with van der Waals surface area (Å²) in [7, 11) is 1.28. The first kappa shape index (κ1) is 16.5. The van der Waals surface area contributed by atoms with Crippen molar-refractivity contribution < 1.29 is 18.7 Å². The fraction of sp³-hybridized carbons (Fsp3) is 0.188. The van der Waals surface area contributed by atoms with Crippen molar-refractivity contribution in [3.8, 4) is 6.07 Å². The number of ether oxygens (including phenoxy) is 1. The van der Waals surface area contributed by atoms with Crippen molar-refractivity contribution in [2.75, 3.05) is 12.4 Å². The summed E-state index contributed by atoms with van der Waals surface area (Å²) < 4.78 is 9.84. The molecule has 7 heteroatoms. The minimum atomic E-state index is -0.615. The van der Waals surface area contributed by atoms with E-state index in [-0.39, 0.29) is 5.57 Å². The Bertz CT molecular complexity index is 810. The van der Waals surface area contributed by atoms with Crippen molar-refractivity contribution in [3.63, 3.8) is 0 Å². The zero-order valence-corrected chi connectivity index (χ0v) is 13.6. The minimum Gasteiger partial charge on any atom is -0.465 e. The molecule has 0 saturated heterocycles. The molecular formula is C16H14N2O4S. The first-order valence-electron chi connectivity index (χ1n) is 6.62. The van der Waals surface area contributed by atoms with Crippen molar-refractivity contribution >= 4 is 34.3 Å². The van der Waals surface area contributed by atoms with E-state index >= 15 is 0 Å².